The zero-order valence-corrected chi connectivity index (χ0v) is 41.1. The zero-order chi connectivity index (χ0) is 51.2. The molecule has 2 aromatic rings. The molecule has 2 saturated carbocycles. The number of methoxy groups -OCH3 is 1. The first kappa shape index (κ1) is 57.8. The lowest BCUT2D eigenvalue weighted by atomic mass is 9.81. The van der Waals surface area contributed by atoms with Gasteiger partial charge < -0.3 is 29.2 Å². The van der Waals surface area contributed by atoms with Crippen molar-refractivity contribution in [2.24, 2.45) is 23.7 Å². The third kappa shape index (κ3) is 18.1. The minimum Gasteiger partial charge on any atom is -0.497 e. The largest absolute Gasteiger partial charge is 0.497 e. The Morgan fingerprint density at radius 3 is 2.16 bits per heavy atom. The maximum absolute atomic E-state index is 14.4. The molecule has 11 nitrogen and oxygen atoms in total. The zero-order valence-electron chi connectivity index (χ0n) is 41.1. The molecular weight excluding hydrogens is 913 g/mol. The molecule has 388 valence electrons. The van der Waals surface area contributed by atoms with E-state index < -0.39 is 66.3 Å². The molecule has 1 heterocycles. The fourth-order valence-corrected chi connectivity index (χ4v) is 9.40. The highest BCUT2D eigenvalue weighted by Gasteiger charge is 2.60. The van der Waals surface area contributed by atoms with E-state index in [9.17, 15) is 46.6 Å². The number of alkyl halides is 4. The predicted molar refractivity (Wildman–Crippen MR) is 256 cm³/mol. The van der Waals surface area contributed by atoms with E-state index in [1.165, 1.54) is 6.08 Å². The van der Waals surface area contributed by atoms with Crippen LogP contribution in [-0.2, 0) is 51.4 Å². The standard InChI is InChI=1S/C35H42F2O6.C20H32F2O5/c1-3-4-22-35(36,37)33(39)21-20-30-29(31(38)23-32(30)42-24-27-16-18-28(41-2)19-17-27)14-10-5-6-11-15-34(40)43-25-26-12-8-7-9-13-26;1-2-3-11-19(21,22)20(26)12-10-15-14(16(23)13-17(15)27-20)8-6-4-5-7-9-18(24)25/h5,7-10,12-13,16-21,29-30,32H,3-4,6,11,14-15,22-25H2,1-2H3;14-15,17,26H,2-13H2,1H3,(H,24,25)/b10-5-,21-20+;/t29-,30-,32?;14-,15-,17-,20-/m11/s1. The van der Waals surface area contributed by atoms with Crippen LogP contribution in [0.25, 0.3) is 0 Å². The SMILES string of the molecule is CCCCC(F)(F)C(=O)/C=C/[C@H]1C(OCc2ccc(OC)cc2)CC(=O)[C@@H]1C/C=C\CCCC(=O)OCc1ccccc1.CCCCC(F)(F)[C@@]1(O)CC[C@H]2[C@@H](CC(=O)[C@@H]2CCCCCCC(=O)O)O1. The number of Topliss-reactive ketones (excluding diaryl/α,β-unsaturated/α-hetero) is 2. The Morgan fingerprint density at radius 2 is 1.47 bits per heavy atom. The van der Waals surface area contributed by atoms with E-state index in [1.54, 1.807) is 14.0 Å². The average molecular weight is 987 g/mol. The number of ether oxygens (including phenoxy) is 4. The van der Waals surface area contributed by atoms with Gasteiger partial charge in [0, 0.05) is 62.7 Å². The highest BCUT2D eigenvalue weighted by Crippen LogP contribution is 2.49. The lowest BCUT2D eigenvalue weighted by Crippen LogP contribution is -2.55. The van der Waals surface area contributed by atoms with Gasteiger partial charge in [0.15, 0.2) is 0 Å². The third-order valence-electron chi connectivity index (χ3n) is 13.6. The smallest absolute Gasteiger partial charge is 0.309 e. The number of halogens is 4. The van der Waals surface area contributed by atoms with Crippen molar-refractivity contribution in [3.05, 3.63) is 90.0 Å². The van der Waals surface area contributed by atoms with Gasteiger partial charge in [0.1, 0.15) is 23.9 Å². The summed E-state index contributed by atoms with van der Waals surface area (Å²) in [5.41, 5.74) is 1.81. The number of carboxylic acid groups (broad SMARTS) is 1. The molecule has 0 aromatic heterocycles. The van der Waals surface area contributed by atoms with Gasteiger partial charge in [-0.1, -0.05) is 107 Å². The fourth-order valence-electron chi connectivity index (χ4n) is 9.40. The summed E-state index contributed by atoms with van der Waals surface area (Å²) >= 11 is 0. The molecule has 7 atom stereocenters. The number of ketones is 3. The second kappa shape index (κ2) is 29.0. The molecule has 0 bridgehead atoms. The molecule has 5 rings (SSSR count). The van der Waals surface area contributed by atoms with Gasteiger partial charge in [-0.15, -0.1) is 0 Å². The normalized spacial score (nSPS) is 23.6. The molecule has 0 spiro atoms. The Bertz CT molecular complexity index is 2010. The number of hydrogen-bond donors (Lipinski definition) is 2. The van der Waals surface area contributed by atoms with Crippen LogP contribution < -0.4 is 4.74 Å². The number of aliphatic carboxylic acids is 1. The lowest BCUT2D eigenvalue weighted by Gasteiger charge is -2.43. The Morgan fingerprint density at radius 1 is 0.800 bits per heavy atom. The summed E-state index contributed by atoms with van der Waals surface area (Å²) in [5, 5.41) is 19.1. The van der Waals surface area contributed by atoms with Crippen molar-refractivity contribution in [3.63, 3.8) is 0 Å². The van der Waals surface area contributed by atoms with Gasteiger partial charge in [-0.3, -0.25) is 24.0 Å². The number of allylic oxidation sites excluding steroid dienone is 3. The van der Waals surface area contributed by atoms with Crippen molar-refractivity contribution < 1.29 is 70.7 Å². The van der Waals surface area contributed by atoms with Crippen LogP contribution >= 0.6 is 0 Å². The number of carbonyl (C=O) groups is 5. The number of carbonyl (C=O) groups excluding carboxylic acids is 4. The first-order valence-electron chi connectivity index (χ1n) is 25.2. The van der Waals surface area contributed by atoms with Gasteiger partial charge in [0.05, 0.1) is 25.9 Å². The molecule has 70 heavy (non-hydrogen) atoms. The van der Waals surface area contributed by atoms with Gasteiger partial charge in [-0.25, -0.2) is 8.78 Å². The van der Waals surface area contributed by atoms with Crippen LogP contribution in [0.4, 0.5) is 17.6 Å². The third-order valence-corrected chi connectivity index (χ3v) is 13.6. The molecule has 1 saturated heterocycles. The molecular formula is C55H74F4O11. The van der Waals surface area contributed by atoms with Gasteiger partial charge >= 0.3 is 23.8 Å². The molecule has 1 aliphatic heterocycles. The predicted octanol–water partition coefficient (Wildman–Crippen LogP) is 11.9. The van der Waals surface area contributed by atoms with Gasteiger partial charge in [0.2, 0.25) is 11.6 Å². The second-order valence-corrected chi connectivity index (χ2v) is 18.9. The average Bonchev–Trinajstić information content (AvgIpc) is 3.82. The van der Waals surface area contributed by atoms with E-state index >= 15 is 0 Å². The van der Waals surface area contributed by atoms with Crippen LogP contribution in [0.5, 0.6) is 5.75 Å². The number of carboxylic acids is 1. The molecule has 2 N–H and O–H groups in total. The fraction of sp³-hybridized carbons (Fsp3) is 0.618. The van der Waals surface area contributed by atoms with Crippen molar-refractivity contribution in [2.75, 3.05) is 7.11 Å². The van der Waals surface area contributed by atoms with Gasteiger partial charge in [0.25, 0.3) is 0 Å². The summed E-state index contributed by atoms with van der Waals surface area (Å²) in [6.45, 7) is 4.08. The number of esters is 1. The molecule has 0 radical (unpaired) electrons. The second-order valence-electron chi connectivity index (χ2n) is 18.9. The van der Waals surface area contributed by atoms with Crippen molar-refractivity contribution in [1.29, 1.82) is 0 Å². The summed E-state index contributed by atoms with van der Waals surface area (Å²) in [6.07, 6.45) is 12.1. The highest BCUT2D eigenvalue weighted by molar-refractivity contribution is 5.96. The van der Waals surface area contributed by atoms with Crippen LogP contribution in [-0.4, -0.2) is 76.5 Å². The van der Waals surface area contributed by atoms with E-state index in [0.717, 1.165) is 36.5 Å². The van der Waals surface area contributed by atoms with E-state index in [4.69, 9.17) is 24.1 Å². The summed E-state index contributed by atoms with van der Waals surface area (Å²) in [6, 6.07) is 16.8. The number of hydrogen-bond acceptors (Lipinski definition) is 10. The number of fused-ring (bicyclic) bond motifs is 1. The minimum absolute atomic E-state index is 0.0336. The van der Waals surface area contributed by atoms with Gasteiger partial charge in [-0.2, -0.15) is 8.78 Å². The number of benzene rings is 2. The molecule has 2 aliphatic carbocycles. The van der Waals surface area contributed by atoms with E-state index in [0.29, 0.717) is 63.5 Å². The Kier molecular flexibility index (Phi) is 23.9. The number of unbranched alkanes of at least 4 members (excludes halogenated alkanes) is 6. The first-order chi connectivity index (χ1) is 33.4. The maximum Gasteiger partial charge on any atom is 0.309 e. The lowest BCUT2D eigenvalue weighted by molar-refractivity contribution is -0.356. The van der Waals surface area contributed by atoms with E-state index in [-0.39, 0.29) is 81.1 Å². The van der Waals surface area contributed by atoms with E-state index in [1.807, 2.05) is 73.7 Å². The van der Waals surface area contributed by atoms with Crippen molar-refractivity contribution in [2.45, 2.75) is 185 Å². The monoisotopic (exact) mass is 987 g/mol. The topological polar surface area (TPSA) is 163 Å². The quantitative estimate of drug-likeness (QED) is 0.0262. The molecule has 15 heteroatoms. The molecule has 1 unspecified atom stereocenters. The summed E-state index contributed by atoms with van der Waals surface area (Å²) in [5.74, 6) is -12.1. The van der Waals surface area contributed by atoms with Crippen molar-refractivity contribution in [3.8, 4) is 5.75 Å². The molecule has 3 fully saturated rings. The van der Waals surface area contributed by atoms with Crippen molar-refractivity contribution >= 4 is 29.3 Å². The van der Waals surface area contributed by atoms with Gasteiger partial charge in [-0.05, 0) is 86.6 Å². The van der Waals surface area contributed by atoms with Crippen LogP contribution in [0.3, 0.4) is 0 Å². The maximum atomic E-state index is 14.4. The Hall–Kier alpha value is -4.73. The Balaban J connectivity index is 0.000000338. The molecule has 2 aromatic carbocycles. The summed E-state index contributed by atoms with van der Waals surface area (Å²) < 4.78 is 79.5. The first-order valence-corrected chi connectivity index (χ1v) is 25.2. The van der Waals surface area contributed by atoms with Crippen molar-refractivity contribution in [1.82, 2.24) is 0 Å². The van der Waals surface area contributed by atoms with Crippen LogP contribution in [0.2, 0.25) is 0 Å². The van der Waals surface area contributed by atoms with Crippen LogP contribution in [0.15, 0.2) is 78.9 Å². The molecule has 3 aliphatic rings. The number of rotatable bonds is 29. The minimum atomic E-state index is -3.44. The highest BCUT2D eigenvalue weighted by atomic mass is 19.3. The molecule has 0 amide bonds. The van der Waals surface area contributed by atoms with Crippen LogP contribution in [0, 0.1) is 23.7 Å². The summed E-state index contributed by atoms with van der Waals surface area (Å²) in [7, 11) is 1.58. The van der Waals surface area contributed by atoms with E-state index in [2.05, 4.69) is 0 Å². The Labute approximate surface area is 410 Å². The summed E-state index contributed by atoms with van der Waals surface area (Å²) in [4.78, 5) is 60.2. The van der Waals surface area contributed by atoms with Crippen LogP contribution in [0.1, 0.15) is 153 Å². The number of aliphatic hydroxyl groups is 1.